The van der Waals surface area contributed by atoms with E-state index in [2.05, 4.69) is 14.7 Å². The van der Waals surface area contributed by atoms with Crippen LogP contribution in [0.4, 0.5) is 0 Å². The van der Waals surface area contributed by atoms with E-state index in [1.165, 1.54) is 0 Å². The molecule has 1 N–H and O–H groups in total. The van der Waals surface area contributed by atoms with E-state index in [9.17, 15) is 14.4 Å². The highest BCUT2D eigenvalue weighted by Crippen LogP contribution is 1.89. The summed E-state index contributed by atoms with van der Waals surface area (Å²) in [7, 11) is 1.12. The van der Waals surface area contributed by atoms with Crippen LogP contribution in [0.15, 0.2) is 5.16 Å². The number of esters is 1. The Kier molecular flexibility index (Phi) is 6.03. The van der Waals surface area contributed by atoms with E-state index in [-0.39, 0.29) is 0 Å². The lowest BCUT2D eigenvalue weighted by Gasteiger charge is -1.99. The molecule has 0 aliphatic heterocycles. The van der Waals surface area contributed by atoms with Crippen molar-refractivity contribution >= 4 is 35.0 Å². The number of carboxylic acid groups (broad SMARTS) is 1. The average molecular weight is 238 g/mol. The molecule has 0 aromatic carbocycles. The minimum absolute atomic E-state index is 0.535. The van der Waals surface area contributed by atoms with Crippen molar-refractivity contribution in [1.82, 2.24) is 0 Å². The first kappa shape index (κ1) is 13.4. The first-order chi connectivity index (χ1) is 7.02. The average Bonchev–Trinajstić information content (AvgIpc) is 2.22. The second kappa shape index (κ2) is 6.77. The SMILES string of the molecule is COC(=O)CON=C(C(=O)O)C(=O)CCl. The van der Waals surface area contributed by atoms with Crippen molar-refractivity contribution in [2.24, 2.45) is 5.16 Å². The van der Waals surface area contributed by atoms with Crippen LogP contribution in [0.1, 0.15) is 0 Å². The maximum Gasteiger partial charge on any atom is 0.361 e. The largest absolute Gasteiger partial charge is 0.476 e. The molecule has 15 heavy (non-hydrogen) atoms. The van der Waals surface area contributed by atoms with Crippen LogP contribution >= 0.6 is 11.6 Å². The molecule has 0 saturated heterocycles. The van der Waals surface area contributed by atoms with E-state index in [1.807, 2.05) is 0 Å². The fourth-order valence-electron chi connectivity index (χ4n) is 0.481. The normalized spacial score (nSPS) is 10.7. The van der Waals surface area contributed by atoms with Gasteiger partial charge in [-0.2, -0.15) is 0 Å². The standard InChI is InChI=1S/C7H8ClNO6/c1-14-5(11)3-15-9-6(7(12)13)4(10)2-8/h2-3H2,1H3,(H,12,13). The number of hydrogen-bond donors (Lipinski definition) is 1. The van der Waals surface area contributed by atoms with E-state index < -0.39 is 35.9 Å². The molecule has 0 heterocycles. The van der Waals surface area contributed by atoms with Gasteiger partial charge in [-0.25, -0.2) is 9.59 Å². The smallest absolute Gasteiger partial charge is 0.361 e. The summed E-state index contributed by atoms with van der Waals surface area (Å²) in [6.45, 7) is -0.581. The van der Waals surface area contributed by atoms with Gasteiger partial charge in [0, 0.05) is 0 Å². The zero-order valence-electron chi connectivity index (χ0n) is 7.73. The molecular weight excluding hydrogens is 230 g/mol. The van der Waals surface area contributed by atoms with Crippen molar-refractivity contribution in [1.29, 1.82) is 0 Å². The summed E-state index contributed by atoms with van der Waals surface area (Å²) in [5.41, 5.74) is -0.867. The highest BCUT2D eigenvalue weighted by atomic mass is 35.5. The Bertz CT molecular complexity index is 300. The fourth-order valence-corrected chi connectivity index (χ4v) is 0.608. The Morgan fingerprint density at radius 3 is 2.40 bits per heavy atom. The molecule has 0 amide bonds. The highest BCUT2D eigenvalue weighted by molar-refractivity contribution is 6.67. The summed E-state index contributed by atoms with van der Waals surface area (Å²) in [4.78, 5) is 36.1. The number of Topliss-reactive ketones (excluding diaryl/α,β-unsaturated/α-hetero) is 1. The van der Waals surface area contributed by atoms with Crippen molar-refractivity contribution in [3.63, 3.8) is 0 Å². The number of carbonyl (C=O) groups is 3. The summed E-state index contributed by atoms with van der Waals surface area (Å²) >= 11 is 5.12. The van der Waals surface area contributed by atoms with E-state index in [4.69, 9.17) is 16.7 Å². The van der Waals surface area contributed by atoms with Gasteiger partial charge in [-0.1, -0.05) is 5.16 Å². The summed E-state index contributed by atoms with van der Waals surface area (Å²) in [6, 6.07) is 0. The molecule has 8 heteroatoms. The third-order valence-corrected chi connectivity index (χ3v) is 1.40. The van der Waals surface area contributed by atoms with Crippen molar-refractivity contribution < 1.29 is 29.1 Å². The first-order valence-electron chi connectivity index (χ1n) is 3.62. The number of oxime groups is 1. The van der Waals surface area contributed by atoms with Gasteiger partial charge in [-0.15, -0.1) is 11.6 Å². The van der Waals surface area contributed by atoms with Gasteiger partial charge in [0.2, 0.25) is 18.1 Å². The van der Waals surface area contributed by atoms with Crippen LogP contribution in [0.5, 0.6) is 0 Å². The molecule has 0 aromatic rings. The molecule has 0 radical (unpaired) electrons. The topological polar surface area (TPSA) is 102 Å². The van der Waals surface area contributed by atoms with Crippen LogP contribution in [0.25, 0.3) is 0 Å². The number of rotatable bonds is 6. The molecule has 0 aromatic heterocycles. The van der Waals surface area contributed by atoms with Gasteiger partial charge in [0.1, 0.15) is 0 Å². The summed E-state index contributed by atoms with van der Waals surface area (Å²) < 4.78 is 4.19. The molecule has 0 rings (SSSR count). The van der Waals surface area contributed by atoms with Gasteiger partial charge in [0.15, 0.2) is 0 Å². The van der Waals surface area contributed by atoms with E-state index in [0.717, 1.165) is 7.11 Å². The maximum absolute atomic E-state index is 10.9. The van der Waals surface area contributed by atoms with Crippen LogP contribution in [0, 0.1) is 0 Å². The zero-order chi connectivity index (χ0) is 11.8. The van der Waals surface area contributed by atoms with Gasteiger partial charge in [-0.3, -0.25) is 4.79 Å². The van der Waals surface area contributed by atoms with Crippen LogP contribution in [0.3, 0.4) is 0 Å². The molecule has 7 nitrogen and oxygen atoms in total. The molecule has 0 spiro atoms. The molecule has 84 valence electrons. The summed E-state index contributed by atoms with van der Waals surface area (Å²) in [6.07, 6.45) is 0. The third kappa shape index (κ3) is 4.96. The third-order valence-electron chi connectivity index (χ3n) is 1.15. The number of nitrogens with zero attached hydrogens (tertiary/aromatic N) is 1. The van der Waals surface area contributed by atoms with Gasteiger partial charge in [-0.05, 0) is 0 Å². The Morgan fingerprint density at radius 1 is 1.40 bits per heavy atom. The number of carbonyl (C=O) groups excluding carboxylic acids is 2. The number of methoxy groups -OCH3 is 1. The lowest BCUT2D eigenvalue weighted by Crippen LogP contribution is -2.25. The number of hydrogen-bond acceptors (Lipinski definition) is 6. The van der Waals surface area contributed by atoms with Crippen LogP contribution < -0.4 is 0 Å². The molecule has 0 bridgehead atoms. The van der Waals surface area contributed by atoms with Gasteiger partial charge in [0.25, 0.3) is 0 Å². The first-order valence-corrected chi connectivity index (χ1v) is 4.15. The quantitative estimate of drug-likeness (QED) is 0.218. The van der Waals surface area contributed by atoms with Crippen LogP contribution in [-0.2, 0) is 24.0 Å². The number of carboxylic acids is 1. The molecule has 0 unspecified atom stereocenters. The fraction of sp³-hybridized carbons (Fsp3) is 0.429. The Morgan fingerprint density at radius 2 is 2.00 bits per heavy atom. The van der Waals surface area contributed by atoms with Gasteiger partial charge < -0.3 is 14.7 Å². The zero-order valence-corrected chi connectivity index (χ0v) is 8.48. The maximum atomic E-state index is 10.9. The minimum atomic E-state index is -1.58. The monoisotopic (exact) mass is 237 g/mol. The van der Waals surface area contributed by atoms with Gasteiger partial charge in [0.05, 0.1) is 13.0 Å². The Labute approximate surface area is 89.6 Å². The Hall–Kier alpha value is -1.63. The van der Waals surface area contributed by atoms with Gasteiger partial charge >= 0.3 is 11.9 Å². The molecule has 0 aliphatic rings. The molecular formula is C7H8ClNO6. The number of ketones is 1. The van der Waals surface area contributed by atoms with E-state index >= 15 is 0 Å². The number of ether oxygens (including phenoxy) is 1. The molecule has 0 atom stereocenters. The van der Waals surface area contributed by atoms with Crippen LogP contribution in [0.2, 0.25) is 0 Å². The number of alkyl halides is 1. The number of halogens is 1. The lowest BCUT2D eigenvalue weighted by molar-refractivity contribution is -0.146. The predicted molar refractivity (Wildman–Crippen MR) is 48.8 cm³/mol. The summed E-state index contributed by atoms with van der Waals surface area (Å²) in [5, 5.41) is 11.5. The number of aliphatic carboxylic acids is 1. The van der Waals surface area contributed by atoms with E-state index in [0.29, 0.717) is 0 Å². The second-order valence-corrected chi connectivity index (χ2v) is 2.42. The van der Waals surface area contributed by atoms with Crippen molar-refractivity contribution in [2.45, 2.75) is 0 Å². The van der Waals surface area contributed by atoms with E-state index in [1.54, 1.807) is 0 Å². The minimum Gasteiger partial charge on any atom is -0.476 e. The molecule has 0 aliphatic carbocycles. The summed E-state index contributed by atoms with van der Waals surface area (Å²) in [5.74, 6) is -3.77. The highest BCUT2D eigenvalue weighted by Gasteiger charge is 2.19. The van der Waals surface area contributed by atoms with Crippen molar-refractivity contribution in [2.75, 3.05) is 19.6 Å². The predicted octanol–water partition coefficient (Wildman–Crippen LogP) is -0.575. The molecule has 0 fully saturated rings. The second-order valence-electron chi connectivity index (χ2n) is 2.15. The van der Waals surface area contributed by atoms with Crippen molar-refractivity contribution in [3.05, 3.63) is 0 Å². The van der Waals surface area contributed by atoms with Crippen LogP contribution in [-0.4, -0.2) is 48.1 Å². The Balaban J connectivity index is 4.38. The lowest BCUT2D eigenvalue weighted by atomic mass is 10.3. The van der Waals surface area contributed by atoms with Crippen molar-refractivity contribution in [3.8, 4) is 0 Å². The molecule has 0 saturated carbocycles.